The third-order valence-electron chi connectivity index (χ3n) is 3.07. The Labute approximate surface area is 108 Å². The first-order valence-corrected chi connectivity index (χ1v) is 7.26. The van der Waals surface area contributed by atoms with E-state index in [1.54, 1.807) is 0 Å². The molecule has 0 aromatic heterocycles. The van der Waals surface area contributed by atoms with Crippen LogP contribution in [0.4, 0.5) is 13.2 Å². The van der Waals surface area contributed by atoms with Crippen LogP contribution in [0.5, 0.6) is 0 Å². The van der Waals surface area contributed by atoms with E-state index in [1.165, 1.54) is 0 Å². The quantitative estimate of drug-likeness (QED) is 0.622. The number of hydrogen-bond donors (Lipinski definition) is 1. The van der Waals surface area contributed by atoms with Crippen LogP contribution < -0.4 is 0 Å². The fourth-order valence-electron chi connectivity index (χ4n) is 2.11. The summed E-state index contributed by atoms with van der Waals surface area (Å²) in [6.07, 6.45) is 1.89. The van der Waals surface area contributed by atoms with E-state index in [9.17, 15) is 26.4 Å². The molecule has 19 heavy (non-hydrogen) atoms. The Bertz CT molecular complexity index is 411. The number of carboxylic acid groups (broad SMARTS) is 1. The van der Waals surface area contributed by atoms with Crippen molar-refractivity contribution in [1.82, 2.24) is 0 Å². The maximum absolute atomic E-state index is 12.1. The molecule has 1 aliphatic rings. The topological polar surface area (TPSA) is 80.7 Å². The van der Waals surface area contributed by atoms with Crippen molar-refractivity contribution in [3.05, 3.63) is 0 Å². The first-order valence-electron chi connectivity index (χ1n) is 5.86. The summed E-state index contributed by atoms with van der Waals surface area (Å²) in [5, 5.41) is 8.78. The van der Waals surface area contributed by atoms with Crippen LogP contribution in [0.15, 0.2) is 0 Å². The second-order valence-electron chi connectivity index (χ2n) is 4.56. The number of hydrogen-bond acceptors (Lipinski definition) is 4. The van der Waals surface area contributed by atoms with E-state index in [0.29, 0.717) is 12.8 Å². The van der Waals surface area contributed by atoms with Crippen LogP contribution in [-0.2, 0) is 19.1 Å². The van der Waals surface area contributed by atoms with Crippen molar-refractivity contribution in [3.8, 4) is 0 Å². The Morgan fingerprint density at radius 1 is 1.26 bits per heavy atom. The largest absolute Gasteiger partial charge is 0.523 e. The predicted octanol–water partition coefficient (Wildman–Crippen LogP) is 2.28. The van der Waals surface area contributed by atoms with Crippen LogP contribution in [0.3, 0.4) is 0 Å². The van der Waals surface area contributed by atoms with Crippen LogP contribution >= 0.6 is 0 Å². The Hall–Kier alpha value is -0.830. The van der Waals surface area contributed by atoms with Crippen molar-refractivity contribution >= 4 is 16.1 Å². The summed E-state index contributed by atoms with van der Waals surface area (Å²) in [6.45, 7) is 0. The maximum Gasteiger partial charge on any atom is 0.523 e. The van der Waals surface area contributed by atoms with Gasteiger partial charge < -0.3 is 5.11 Å². The Kier molecular flexibility index (Phi) is 5.19. The lowest BCUT2D eigenvalue weighted by Crippen LogP contribution is -2.35. The molecule has 0 saturated heterocycles. The number of carbonyl (C=O) groups is 1. The van der Waals surface area contributed by atoms with Gasteiger partial charge in [0, 0.05) is 0 Å². The molecule has 0 heterocycles. The zero-order chi connectivity index (χ0) is 14.7. The number of carboxylic acids is 1. The molecular formula is C10H15F3O5S. The molecule has 9 heteroatoms. The predicted molar refractivity (Wildman–Crippen MR) is 58.7 cm³/mol. The van der Waals surface area contributed by atoms with Gasteiger partial charge in [0.25, 0.3) is 0 Å². The lowest BCUT2D eigenvalue weighted by atomic mass is 9.85. The Balaban J connectivity index is 2.71. The second kappa shape index (κ2) is 6.08. The van der Waals surface area contributed by atoms with E-state index < -0.39 is 27.7 Å². The molecular weight excluding hydrogens is 289 g/mol. The van der Waals surface area contributed by atoms with Gasteiger partial charge in [-0.05, 0) is 12.3 Å². The fraction of sp³-hybridized carbons (Fsp3) is 0.900. The smallest absolute Gasteiger partial charge is 0.479 e. The molecule has 0 bridgehead atoms. The van der Waals surface area contributed by atoms with Gasteiger partial charge in [0.15, 0.2) is 6.10 Å². The molecule has 1 atom stereocenters. The standard InChI is InChI=1S/C10H15F3O5S/c11-10(12,13)19(16,17)18-8(9(14)15)6-7-4-2-1-3-5-7/h7-8H,1-6H2,(H,14,15)/t8-/m1/s1. The van der Waals surface area contributed by atoms with Crippen LogP contribution in [0.2, 0.25) is 0 Å². The third kappa shape index (κ3) is 4.64. The molecule has 1 N–H and O–H groups in total. The number of aliphatic carboxylic acids is 1. The van der Waals surface area contributed by atoms with Gasteiger partial charge in [-0.25, -0.2) is 8.98 Å². The monoisotopic (exact) mass is 304 g/mol. The summed E-state index contributed by atoms with van der Waals surface area (Å²) in [5.74, 6) is -1.81. The van der Waals surface area contributed by atoms with Crippen molar-refractivity contribution in [2.24, 2.45) is 5.92 Å². The molecule has 0 amide bonds. The summed E-state index contributed by atoms with van der Waals surface area (Å²) in [5.41, 5.74) is -5.60. The highest BCUT2D eigenvalue weighted by atomic mass is 32.2. The van der Waals surface area contributed by atoms with Crippen LogP contribution in [-0.4, -0.2) is 31.1 Å². The van der Waals surface area contributed by atoms with E-state index in [2.05, 4.69) is 4.18 Å². The molecule has 0 aliphatic heterocycles. The third-order valence-corrected chi connectivity index (χ3v) is 4.13. The second-order valence-corrected chi connectivity index (χ2v) is 6.13. The van der Waals surface area contributed by atoms with Crippen molar-refractivity contribution in [3.63, 3.8) is 0 Å². The number of halogens is 3. The van der Waals surface area contributed by atoms with E-state index in [4.69, 9.17) is 5.11 Å². The lowest BCUT2D eigenvalue weighted by Gasteiger charge is -2.24. The summed E-state index contributed by atoms with van der Waals surface area (Å²) in [7, 11) is -5.87. The van der Waals surface area contributed by atoms with Gasteiger partial charge in [-0.1, -0.05) is 32.1 Å². The van der Waals surface area contributed by atoms with Crippen LogP contribution in [0.1, 0.15) is 38.5 Å². The Morgan fingerprint density at radius 3 is 2.21 bits per heavy atom. The van der Waals surface area contributed by atoms with E-state index in [-0.39, 0.29) is 12.3 Å². The minimum Gasteiger partial charge on any atom is -0.479 e. The first-order chi connectivity index (χ1) is 8.63. The van der Waals surface area contributed by atoms with Crippen LogP contribution in [0.25, 0.3) is 0 Å². The highest BCUT2D eigenvalue weighted by molar-refractivity contribution is 7.87. The number of rotatable bonds is 5. The SMILES string of the molecule is O=C(O)[C@@H](CC1CCCCC1)OS(=O)(=O)C(F)(F)F. The average molecular weight is 304 g/mol. The van der Waals surface area contributed by atoms with Crippen molar-refractivity contribution in [2.45, 2.75) is 50.1 Å². The minimum absolute atomic E-state index is 0.113. The zero-order valence-corrected chi connectivity index (χ0v) is 10.8. The summed E-state index contributed by atoms with van der Waals surface area (Å²) < 4.78 is 61.8. The molecule has 0 unspecified atom stereocenters. The summed E-state index contributed by atoms with van der Waals surface area (Å²) in [4.78, 5) is 10.8. The van der Waals surface area contributed by atoms with Gasteiger partial charge in [-0.2, -0.15) is 21.6 Å². The first kappa shape index (κ1) is 16.2. The molecule has 1 rings (SSSR count). The molecule has 0 aromatic carbocycles. The minimum atomic E-state index is -5.87. The maximum atomic E-state index is 12.1. The Morgan fingerprint density at radius 2 is 1.79 bits per heavy atom. The molecule has 1 aliphatic carbocycles. The van der Waals surface area contributed by atoms with Gasteiger partial charge in [-0.3, -0.25) is 0 Å². The average Bonchev–Trinajstić information content (AvgIpc) is 2.27. The van der Waals surface area contributed by atoms with Crippen molar-refractivity contribution in [2.75, 3.05) is 0 Å². The fourth-order valence-corrected chi connectivity index (χ4v) is 2.69. The van der Waals surface area contributed by atoms with Gasteiger partial charge in [0.1, 0.15) is 0 Å². The number of alkyl halides is 3. The van der Waals surface area contributed by atoms with Gasteiger partial charge in [-0.15, -0.1) is 0 Å². The molecule has 0 spiro atoms. The normalized spacial score (nSPS) is 20.2. The molecule has 1 saturated carbocycles. The summed E-state index contributed by atoms with van der Waals surface area (Å²) in [6, 6.07) is 0. The van der Waals surface area contributed by atoms with Gasteiger partial charge in [0.05, 0.1) is 0 Å². The zero-order valence-electron chi connectivity index (χ0n) is 10.0. The molecule has 0 radical (unpaired) electrons. The lowest BCUT2D eigenvalue weighted by molar-refractivity contribution is -0.146. The van der Waals surface area contributed by atoms with Crippen molar-refractivity contribution < 1.29 is 35.7 Å². The molecule has 1 fully saturated rings. The van der Waals surface area contributed by atoms with E-state index in [0.717, 1.165) is 19.3 Å². The molecule has 112 valence electrons. The van der Waals surface area contributed by atoms with Crippen LogP contribution in [0, 0.1) is 5.92 Å². The van der Waals surface area contributed by atoms with Crippen molar-refractivity contribution in [1.29, 1.82) is 0 Å². The van der Waals surface area contributed by atoms with Gasteiger partial charge in [0.2, 0.25) is 0 Å². The highest BCUT2D eigenvalue weighted by Gasteiger charge is 2.49. The molecule has 0 aromatic rings. The van der Waals surface area contributed by atoms with Gasteiger partial charge >= 0.3 is 21.6 Å². The van der Waals surface area contributed by atoms with E-state index in [1.807, 2.05) is 0 Å². The summed E-state index contributed by atoms with van der Waals surface area (Å²) >= 11 is 0. The highest BCUT2D eigenvalue weighted by Crippen LogP contribution is 2.31. The van der Waals surface area contributed by atoms with E-state index >= 15 is 0 Å². The molecule has 5 nitrogen and oxygen atoms in total.